The highest BCUT2D eigenvalue weighted by Crippen LogP contribution is 2.33. The van der Waals surface area contributed by atoms with Crippen molar-refractivity contribution in [2.75, 3.05) is 26.8 Å². The smallest absolute Gasteiger partial charge is 0.335 e. The van der Waals surface area contributed by atoms with Gasteiger partial charge in [-0.1, -0.05) is 0 Å². The summed E-state index contributed by atoms with van der Waals surface area (Å²) in [4.78, 5) is 10.8. The predicted octanol–water partition coefficient (Wildman–Crippen LogP) is 2.86. The fourth-order valence-electron chi connectivity index (χ4n) is 2.02. The maximum Gasteiger partial charge on any atom is 0.335 e. The zero-order valence-electron chi connectivity index (χ0n) is 13.6. The Balaban J connectivity index is 2.17. The Hall–Kier alpha value is -3.22. The molecule has 24 heavy (non-hydrogen) atoms. The topological polar surface area (TPSA) is 89.4 Å². The number of hydrogen-bond donors (Lipinski definition) is 2. The Labute approximate surface area is 139 Å². The number of anilines is 1. The second kappa shape index (κ2) is 7.87. The fourth-order valence-corrected chi connectivity index (χ4v) is 2.02. The molecule has 0 aliphatic heterocycles. The van der Waals surface area contributed by atoms with E-state index in [1.54, 1.807) is 51.8 Å². The van der Waals surface area contributed by atoms with E-state index in [0.29, 0.717) is 28.5 Å². The first-order valence-electron chi connectivity index (χ1n) is 7.01. The molecule has 0 saturated heterocycles. The fraction of sp³-hybridized carbons (Fsp3) is 0.176. The molecule has 7 heteroatoms. The first-order valence-corrected chi connectivity index (χ1v) is 7.01. The lowest BCUT2D eigenvalue weighted by Crippen LogP contribution is -1.98. The maximum absolute atomic E-state index is 10.8. The van der Waals surface area contributed by atoms with Crippen LogP contribution >= 0.6 is 0 Å². The van der Waals surface area contributed by atoms with Crippen LogP contribution in [0.3, 0.4) is 0 Å². The summed E-state index contributed by atoms with van der Waals surface area (Å²) in [5.74, 6) is 0.730. The van der Waals surface area contributed by atoms with Gasteiger partial charge in [0.05, 0.1) is 38.8 Å². The summed E-state index contributed by atoms with van der Waals surface area (Å²) in [7, 11) is 4.65. The van der Waals surface area contributed by atoms with Crippen LogP contribution < -0.4 is 19.6 Å². The molecule has 0 bridgehead atoms. The van der Waals surface area contributed by atoms with Crippen molar-refractivity contribution < 1.29 is 24.1 Å². The Morgan fingerprint density at radius 3 is 2.12 bits per heavy atom. The van der Waals surface area contributed by atoms with Crippen molar-refractivity contribution in [2.45, 2.75) is 0 Å². The number of ether oxygens (including phenoxy) is 3. The van der Waals surface area contributed by atoms with E-state index in [1.165, 1.54) is 12.1 Å². The van der Waals surface area contributed by atoms with Crippen LogP contribution in [0.15, 0.2) is 41.5 Å². The molecule has 0 aliphatic rings. The second-order valence-electron chi connectivity index (χ2n) is 4.70. The summed E-state index contributed by atoms with van der Waals surface area (Å²) in [6.45, 7) is 0. The van der Waals surface area contributed by atoms with Gasteiger partial charge in [0.2, 0.25) is 0 Å². The number of carbonyl (C=O) groups is 1. The van der Waals surface area contributed by atoms with Gasteiger partial charge >= 0.3 is 5.97 Å². The lowest BCUT2D eigenvalue weighted by Gasteiger charge is -2.11. The minimum absolute atomic E-state index is 0.214. The van der Waals surface area contributed by atoms with E-state index >= 15 is 0 Å². The molecule has 0 heterocycles. The van der Waals surface area contributed by atoms with Gasteiger partial charge in [0, 0.05) is 11.6 Å². The second-order valence-corrected chi connectivity index (χ2v) is 4.70. The Kier molecular flexibility index (Phi) is 5.62. The number of methoxy groups -OCH3 is 3. The molecule has 2 N–H and O–H groups in total. The average Bonchev–Trinajstić information content (AvgIpc) is 2.61. The minimum atomic E-state index is -0.972. The van der Waals surface area contributed by atoms with E-state index in [-0.39, 0.29) is 5.56 Å². The zero-order chi connectivity index (χ0) is 17.5. The number of benzene rings is 2. The van der Waals surface area contributed by atoms with Crippen LogP contribution in [0.2, 0.25) is 0 Å². The largest absolute Gasteiger partial charge is 0.496 e. The number of hydrazone groups is 1. The number of carboxylic acid groups (broad SMARTS) is 1. The Morgan fingerprint density at radius 1 is 1.00 bits per heavy atom. The summed E-state index contributed by atoms with van der Waals surface area (Å²) >= 11 is 0. The number of nitrogens with one attached hydrogen (secondary N) is 1. The predicted molar refractivity (Wildman–Crippen MR) is 90.7 cm³/mol. The van der Waals surface area contributed by atoms with Gasteiger partial charge in [-0.3, -0.25) is 5.43 Å². The van der Waals surface area contributed by atoms with Crippen molar-refractivity contribution in [3.63, 3.8) is 0 Å². The summed E-state index contributed by atoms with van der Waals surface area (Å²) in [5, 5.41) is 13.0. The van der Waals surface area contributed by atoms with E-state index in [2.05, 4.69) is 10.5 Å². The summed E-state index contributed by atoms with van der Waals surface area (Å²) in [6.07, 6.45) is 1.58. The third-order valence-electron chi connectivity index (χ3n) is 3.27. The van der Waals surface area contributed by atoms with Crippen molar-refractivity contribution >= 4 is 17.9 Å². The van der Waals surface area contributed by atoms with Gasteiger partial charge in [-0.25, -0.2) is 4.79 Å². The van der Waals surface area contributed by atoms with E-state index < -0.39 is 5.97 Å². The highest BCUT2D eigenvalue weighted by Gasteiger charge is 2.10. The van der Waals surface area contributed by atoms with Gasteiger partial charge in [-0.2, -0.15) is 5.10 Å². The van der Waals surface area contributed by atoms with Gasteiger partial charge in [0.1, 0.15) is 5.75 Å². The number of aromatic carboxylic acids is 1. The van der Waals surface area contributed by atoms with Crippen LogP contribution in [-0.2, 0) is 0 Å². The molecule has 2 rings (SSSR count). The Bertz CT molecular complexity index is 741. The van der Waals surface area contributed by atoms with Crippen molar-refractivity contribution in [3.8, 4) is 17.2 Å². The first kappa shape index (κ1) is 17.1. The molecule has 0 aromatic heterocycles. The molecule has 0 fully saturated rings. The van der Waals surface area contributed by atoms with Crippen molar-refractivity contribution in [2.24, 2.45) is 5.10 Å². The summed E-state index contributed by atoms with van der Waals surface area (Å²) in [6, 6.07) is 9.71. The molecular weight excluding hydrogens is 312 g/mol. The molecule has 0 atom stereocenters. The SMILES string of the molecule is COc1cc(OC)c(OC)cc1C=NNc1ccc(C(=O)O)cc1. The highest BCUT2D eigenvalue weighted by molar-refractivity contribution is 5.88. The number of hydrogen-bond acceptors (Lipinski definition) is 6. The summed E-state index contributed by atoms with van der Waals surface area (Å²) < 4.78 is 15.8. The third-order valence-corrected chi connectivity index (χ3v) is 3.27. The van der Waals surface area contributed by atoms with Crippen LogP contribution in [0.4, 0.5) is 5.69 Å². The number of carboxylic acids is 1. The monoisotopic (exact) mass is 330 g/mol. The van der Waals surface area contributed by atoms with Crippen molar-refractivity contribution in [1.82, 2.24) is 0 Å². The van der Waals surface area contributed by atoms with Crippen molar-refractivity contribution in [3.05, 3.63) is 47.5 Å². The molecule has 126 valence electrons. The lowest BCUT2D eigenvalue weighted by atomic mass is 10.2. The van der Waals surface area contributed by atoms with Crippen LogP contribution in [0.1, 0.15) is 15.9 Å². The van der Waals surface area contributed by atoms with Crippen LogP contribution in [0.5, 0.6) is 17.2 Å². The normalized spacial score (nSPS) is 10.5. The lowest BCUT2D eigenvalue weighted by molar-refractivity contribution is 0.0697. The maximum atomic E-state index is 10.8. The molecule has 7 nitrogen and oxygen atoms in total. The molecule has 2 aromatic carbocycles. The Morgan fingerprint density at radius 2 is 1.58 bits per heavy atom. The van der Waals surface area contributed by atoms with Crippen LogP contribution in [0, 0.1) is 0 Å². The summed E-state index contributed by atoms with van der Waals surface area (Å²) in [5.41, 5.74) is 4.40. The molecule has 0 amide bonds. The minimum Gasteiger partial charge on any atom is -0.496 e. The highest BCUT2D eigenvalue weighted by atomic mass is 16.5. The van der Waals surface area contributed by atoms with Gasteiger partial charge in [0.25, 0.3) is 0 Å². The first-order chi connectivity index (χ1) is 11.6. The van der Waals surface area contributed by atoms with E-state index in [9.17, 15) is 4.79 Å². The van der Waals surface area contributed by atoms with Gasteiger partial charge in [0.15, 0.2) is 11.5 Å². The van der Waals surface area contributed by atoms with E-state index in [0.717, 1.165) is 0 Å². The number of rotatable bonds is 7. The standard InChI is InChI=1S/C17H18N2O5/c1-22-14-9-16(24-3)15(23-2)8-12(14)10-18-19-13-6-4-11(5-7-13)17(20)21/h4-10,19H,1-3H3,(H,20,21). The number of nitrogens with zero attached hydrogens (tertiary/aromatic N) is 1. The third kappa shape index (κ3) is 3.95. The van der Waals surface area contributed by atoms with Crippen molar-refractivity contribution in [1.29, 1.82) is 0 Å². The van der Waals surface area contributed by atoms with Gasteiger partial charge in [-0.15, -0.1) is 0 Å². The van der Waals surface area contributed by atoms with Crippen LogP contribution in [0.25, 0.3) is 0 Å². The quantitative estimate of drug-likeness (QED) is 0.599. The van der Waals surface area contributed by atoms with Gasteiger partial charge in [-0.05, 0) is 30.3 Å². The molecule has 0 unspecified atom stereocenters. The molecule has 2 aromatic rings. The molecule has 0 spiro atoms. The average molecular weight is 330 g/mol. The van der Waals surface area contributed by atoms with E-state index in [4.69, 9.17) is 19.3 Å². The molecule has 0 aliphatic carbocycles. The molecular formula is C17H18N2O5. The van der Waals surface area contributed by atoms with Gasteiger partial charge < -0.3 is 19.3 Å². The van der Waals surface area contributed by atoms with Crippen LogP contribution in [-0.4, -0.2) is 38.6 Å². The zero-order valence-corrected chi connectivity index (χ0v) is 13.6. The molecule has 0 saturated carbocycles. The molecule has 0 radical (unpaired) electrons. The van der Waals surface area contributed by atoms with E-state index in [1.807, 2.05) is 0 Å².